The van der Waals surface area contributed by atoms with Crippen molar-refractivity contribution in [3.05, 3.63) is 42.0 Å². The predicted octanol–water partition coefficient (Wildman–Crippen LogP) is 2.87. The van der Waals surface area contributed by atoms with Gasteiger partial charge in [0, 0.05) is 23.2 Å². The Morgan fingerprint density at radius 2 is 1.95 bits per heavy atom. The average Bonchev–Trinajstić information content (AvgIpc) is 3.32. The zero-order chi connectivity index (χ0) is 14.7. The third-order valence-electron chi connectivity index (χ3n) is 3.94. The average molecular weight is 284 g/mol. The highest BCUT2D eigenvalue weighted by Gasteiger charge is 2.24. The van der Waals surface area contributed by atoms with Crippen molar-refractivity contribution in [3.63, 3.8) is 0 Å². The van der Waals surface area contributed by atoms with Crippen LogP contribution in [0.2, 0.25) is 0 Å². The minimum Gasteiger partial charge on any atom is -0.349 e. The molecule has 4 nitrogen and oxygen atoms in total. The summed E-state index contributed by atoms with van der Waals surface area (Å²) in [5.41, 5.74) is 1.29. The van der Waals surface area contributed by atoms with Crippen LogP contribution in [-0.4, -0.2) is 17.9 Å². The summed E-state index contributed by atoms with van der Waals surface area (Å²) in [5.74, 6) is 0.0206. The molecule has 0 unspecified atom stereocenters. The molecule has 0 aliphatic heterocycles. The lowest BCUT2D eigenvalue weighted by Crippen LogP contribution is -2.26. The number of allylic oxidation sites excluding steroid dienone is 2. The van der Waals surface area contributed by atoms with Gasteiger partial charge in [-0.2, -0.15) is 0 Å². The van der Waals surface area contributed by atoms with Crippen LogP contribution in [0.1, 0.15) is 42.5 Å². The zero-order valence-electron chi connectivity index (χ0n) is 12.0. The molecule has 21 heavy (non-hydrogen) atoms. The lowest BCUT2D eigenvalue weighted by atomic mass is 9.93. The number of nitrogens with one attached hydrogen (secondary N) is 2. The maximum atomic E-state index is 12.2. The van der Waals surface area contributed by atoms with Gasteiger partial charge in [-0.05, 0) is 50.3 Å². The van der Waals surface area contributed by atoms with Crippen molar-refractivity contribution in [1.29, 1.82) is 0 Å². The molecule has 110 valence electrons. The zero-order valence-corrected chi connectivity index (χ0v) is 12.0. The van der Waals surface area contributed by atoms with Crippen LogP contribution in [0.15, 0.2) is 36.4 Å². The van der Waals surface area contributed by atoms with Crippen LogP contribution in [0.5, 0.6) is 0 Å². The van der Waals surface area contributed by atoms with Crippen molar-refractivity contribution < 1.29 is 9.59 Å². The van der Waals surface area contributed by atoms with E-state index in [4.69, 9.17) is 0 Å². The number of benzene rings is 1. The third-order valence-corrected chi connectivity index (χ3v) is 3.94. The smallest absolute Gasteiger partial charge is 0.251 e. The van der Waals surface area contributed by atoms with Crippen molar-refractivity contribution in [2.75, 3.05) is 5.32 Å². The van der Waals surface area contributed by atoms with Gasteiger partial charge in [0.1, 0.15) is 0 Å². The predicted molar refractivity (Wildman–Crippen MR) is 82.0 cm³/mol. The molecular weight excluding hydrogens is 264 g/mol. The van der Waals surface area contributed by atoms with Gasteiger partial charge in [0.2, 0.25) is 5.91 Å². The molecule has 0 spiro atoms. The number of carbonyl (C=O) groups excluding carboxylic acids is 2. The molecule has 4 heteroatoms. The first-order chi connectivity index (χ1) is 10.2. The summed E-state index contributed by atoms with van der Waals surface area (Å²) in [6.45, 7) is 0. The molecule has 1 fully saturated rings. The van der Waals surface area contributed by atoms with E-state index >= 15 is 0 Å². The molecule has 0 bridgehead atoms. The third kappa shape index (κ3) is 3.72. The van der Waals surface area contributed by atoms with Crippen molar-refractivity contribution in [2.45, 2.75) is 38.1 Å². The standard InChI is InChI=1S/C17H20N2O2/c20-16(12-5-2-1-3-6-12)19-15-8-4-7-13(11-15)17(21)18-14-9-10-14/h1-2,4,7-8,11-12,14H,3,5-6,9-10H2,(H,18,21)(H,19,20)/t12-/m0/s1. The van der Waals surface area contributed by atoms with E-state index in [1.807, 2.05) is 6.07 Å². The summed E-state index contributed by atoms with van der Waals surface area (Å²) < 4.78 is 0. The molecular formula is C17H20N2O2. The Morgan fingerprint density at radius 1 is 1.10 bits per heavy atom. The Bertz CT molecular complexity index is 576. The highest BCUT2D eigenvalue weighted by atomic mass is 16.2. The fourth-order valence-corrected chi connectivity index (χ4v) is 2.51. The molecule has 1 saturated carbocycles. The first-order valence-electron chi connectivity index (χ1n) is 7.59. The molecule has 1 atom stereocenters. The van der Waals surface area contributed by atoms with Crippen LogP contribution in [0.25, 0.3) is 0 Å². The molecule has 2 N–H and O–H groups in total. The number of amides is 2. The Hall–Kier alpha value is -2.10. The first-order valence-corrected chi connectivity index (χ1v) is 7.59. The van der Waals surface area contributed by atoms with Crippen molar-refractivity contribution >= 4 is 17.5 Å². The molecule has 2 amide bonds. The van der Waals surface area contributed by atoms with Gasteiger partial charge < -0.3 is 10.6 Å². The van der Waals surface area contributed by atoms with Gasteiger partial charge in [0.05, 0.1) is 0 Å². The van der Waals surface area contributed by atoms with E-state index in [1.165, 1.54) is 0 Å². The van der Waals surface area contributed by atoms with Crippen molar-refractivity contribution in [2.24, 2.45) is 5.92 Å². The molecule has 2 aliphatic rings. The van der Waals surface area contributed by atoms with E-state index in [2.05, 4.69) is 22.8 Å². The fourth-order valence-electron chi connectivity index (χ4n) is 2.51. The van der Waals surface area contributed by atoms with E-state index in [0.717, 1.165) is 32.1 Å². The van der Waals surface area contributed by atoms with Gasteiger partial charge in [-0.3, -0.25) is 9.59 Å². The fraction of sp³-hybridized carbons (Fsp3) is 0.412. The van der Waals surface area contributed by atoms with E-state index in [1.54, 1.807) is 18.2 Å². The van der Waals surface area contributed by atoms with Gasteiger partial charge in [0.15, 0.2) is 0 Å². The quantitative estimate of drug-likeness (QED) is 0.835. The van der Waals surface area contributed by atoms with Crippen LogP contribution in [0.4, 0.5) is 5.69 Å². The summed E-state index contributed by atoms with van der Waals surface area (Å²) >= 11 is 0. The first kappa shape index (κ1) is 13.9. The molecule has 1 aromatic carbocycles. The Balaban J connectivity index is 1.63. The molecule has 2 aliphatic carbocycles. The summed E-state index contributed by atoms with van der Waals surface area (Å²) in [7, 11) is 0. The molecule has 0 saturated heterocycles. The Morgan fingerprint density at radius 3 is 2.67 bits per heavy atom. The minimum atomic E-state index is -0.0609. The maximum absolute atomic E-state index is 12.2. The van der Waals surface area contributed by atoms with Crippen LogP contribution >= 0.6 is 0 Å². The van der Waals surface area contributed by atoms with Gasteiger partial charge >= 0.3 is 0 Å². The molecule has 0 heterocycles. The number of rotatable bonds is 4. The topological polar surface area (TPSA) is 58.2 Å². The Labute approximate surface area is 124 Å². The molecule has 1 aromatic rings. The van der Waals surface area contributed by atoms with Gasteiger partial charge in [-0.25, -0.2) is 0 Å². The molecule has 0 aromatic heterocycles. The number of hydrogen-bond donors (Lipinski definition) is 2. The van der Waals surface area contributed by atoms with Crippen LogP contribution in [0, 0.1) is 5.92 Å². The van der Waals surface area contributed by atoms with Gasteiger partial charge in [0.25, 0.3) is 5.91 Å². The highest BCUT2D eigenvalue weighted by Crippen LogP contribution is 2.22. The van der Waals surface area contributed by atoms with E-state index in [0.29, 0.717) is 17.3 Å². The molecule has 3 rings (SSSR count). The summed E-state index contributed by atoms with van der Waals surface area (Å²) in [6.07, 6.45) is 8.97. The number of anilines is 1. The largest absolute Gasteiger partial charge is 0.349 e. The monoisotopic (exact) mass is 284 g/mol. The summed E-state index contributed by atoms with van der Waals surface area (Å²) in [4.78, 5) is 24.2. The number of carbonyl (C=O) groups is 2. The van der Waals surface area contributed by atoms with Crippen molar-refractivity contribution in [3.8, 4) is 0 Å². The SMILES string of the molecule is O=C(NC1CC1)c1cccc(NC(=O)[C@H]2CC=CCC2)c1. The number of hydrogen-bond acceptors (Lipinski definition) is 2. The van der Waals surface area contributed by atoms with Crippen LogP contribution < -0.4 is 10.6 Å². The van der Waals surface area contributed by atoms with Gasteiger partial charge in [-0.15, -0.1) is 0 Å². The highest BCUT2D eigenvalue weighted by molar-refractivity contribution is 5.98. The van der Waals surface area contributed by atoms with E-state index in [-0.39, 0.29) is 17.7 Å². The normalized spacial score (nSPS) is 20.9. The lowest BCUT2D eigenvalue weighted by molar-refractivity contribution is -0.120. The van der Waals surface area contributed by atoms with E-state index < -0.39 is 0 Å². The van der Waals surface area contributed by atoms with Crippen LogP contribution in [0.3, 0.4) is 0 Å². The summed E-state index contributed by atoms with van der Waals surface area (Å²) in [5, 5.41) is 5.88. The lowest BCUT2D eigenvalue weighted by Gasteiger charge is -2.17. The maximum Gasteiger partial charge on any atom is 0.251 e. The van der Waals surface area contributed by atoms with Gasteiger partial charge in [-0.1, -0.05) is 18.2 Å². The second-order valence-corrected chi connectivity index (χ2v) is 5.80. The van der Waals surface area contributed by atoms with Crippen molar-refractivity contribution in [1.82, 2.24) is 5.32 Å². The van der Waals surface area contributed by atoms with Crippen LogP contribution in [-0.2, 0) is 4.79 Å². The van der Waals surface area contributed by atoms with E-state index in [9.17, 15) is 9.59 Å². The summed E-state index contributed by atoms with van der Waals surface area (Å²) in [6, 6.07) is 7.48. The molecule has 0 radical (unpaired) electrons. The Kier molecular flexibility index (Phi) is 4.04. The second kappa shape index (κ2) is 6.12. The second-order valence-electron chi connectivity index (χ2n) is 5.80. The minimum absolute atomic E-state index is 0.0407.